The van der Waals surface area contributed by atoms with Crippen molar-refractivity contribution in [1.29, 1.82) is 0 Å². The second kappa shape index (κ2) is 11.4. The van der Waals surface area contributed by atoms with Gasteiger partial charge in [0.05, 0.1) is 22.8 Å². The smallest absolute Gasteiger partial charge is 0.123 e. The third kappa shape index (κ3) is 5.17. The van der Waals surface area contributed by atoms with Gasteiger partial charge < -0.3 is 0 Å². The summed E-state index contributed by atoms with van der Waals surface area (Å²) in [5.74, 6) is -0.911. The summed E-state index contributed by atoms with van der Waals surface area (Å²) in [5, 5.41) is 2.28. The van der Waals surface area contributed by atoms with E-state index in [0.717, 1.165) is 83.6 Å². The number of hydrogen-bond donors (Lipinski definition) is 0. The van der Waals surface area contributed by atoms with Crippen molar-refractivity contribution in [3.05, 3.63) is 177 Å². The van der Waals surface area contributed by atoms with Gasteiger partial charge in [-0.15, -0.1) is 0 Å². The summed E-state index contributed by atoms with van der Waals surface area (Å²) in [4.78, 5) is 10.9. The molecule has 0 aromatic heterocycles. The van der Waals surface area contributed by atoms with Crippen molar-refractivity contribution in [1.82, 2.24) is 0 Å². The Kier molecular flexibility index (Phi) is 7.21. The van der Waals surface area contributed by atoms with E-state index in [-0.39, 0.29) is 17.6 Å². The molecule has 0 N–H and O–H groups in total. The summed E-state index contributed by atoms with van der Waals surface area (Å²) in [6.45, 7) is 8.32. The highest BCUT2D eigenvalue weighted by atomic mass is 19.1. The molecule has 6 aromatic carbocycles. The highest BCUT2D eigenvalue weighted by Crippen LogP contribution is 2.42. The fourth-order valence-electron chi connectivity index (χ4n) is 6.65. The zero-order chi connectivity index (χ0) is 31.2. The summed E-state index contributed by atoms with van der Waals surface area (Å²) in [7, 11) is 0. The lowest BCUT2D eigenvalue weighted by Gasteiger charge is -2.23. The van der Waals surface area contributed by atoms with Gasteiger partial charge in [-0.1, -0.05) is 96.6 Å². The molecule has 0 bridgehead atoms. The average molecular weight is 591 g/mol. The van der Waals surface area contributed by atoms with Crippen LogP contribution in [0.5, 0.6) is 0 Å². The number of halogens is 2. The van der Waals surface area contributed by atoms with Crippen LogP contribution in [0.4, 0.5) is 20.2 Å². The first-order chi connectivity index (χ1) is 21.8. The van der Waals surface area contributed by atoms with Gasteiger partial charge in [-0.05, 0) is 90.7 Å². The fourth-order valence-corrected chi connectivity index (χ4v) is 6.65. The number of rotatable bonds is 5. The molecular formula is C41H32F2N2. The average Bonchev–Trinajstić information content (AvgIpc) is 3.32. The summed E-state index contributed by atoms with van der Waals surface area (Å²) in [5.41, 5.74) is 12.6. The van der Waals surface area contributed by atoms with Crippen LogP contribution in [0.2, 0.25) is 0 Å². The second-order valence-corrected chi connectivity index (χ2v) is 11.9. The van der Waals surface area contributed by atoms with E-state index in [9.17, 15) is 8.78 Å². The second-order valence-electron chi connectivity index (χ2n) is 11.9. The molecular weight excluding hydrogens is 558 g/mol. The number of aliphatic imine (C=N–C) groups is 2. The maximum Gasteiger partial charge on any atom is 0.123 e. The summed E-state index contributed by atoms with van der Waals surface area (Å²) >= 11 is 0. The SMILES string of the molecule is Cc1cc(C)c(N=C2C(=Nc3c(C)cccc3C)c3cccc4cccc2c34)c(C(c2ccc(F)cc2)c2ccc(F)cc2)c1. The maximum absolute atomic E-state index is 14.1. The number of para-hydroxylation sites is 1. The van der Waals surface area contributed by atoms with Crippen molar-refractivity contribution < 1.29 is 8.78 Å². The Morgan fingerprint density at radius 1 is 0.511 bits per heavy atom. The number of nitrogens with zero attached hydrogens (tertiary/aromatic N) is 2. The Morgan fingerprint density at radius 2 is 1.00 bits per heavy atom. The van der Waals surface area contributed by atoms with Crippen LogP contribution in [0, 0.1) is 39.3 Å². The lowest BCUT2D eigenvalue weighted by molar-refractivity contribution is 0.626. The summed E-state index contributed by atoms with van der Waals surface area (Å²) in [6, 6.07) is 36.3. The van der Waals surface area contributed by atoms with E-state index < -0.39 is 0 Å². The van der Waals surface area contributed by atoms with Gasteiger partial charge in [-0.2, -0.15) is 0 Å². The van der Waals surface area contributed by atoms with E-state index >= 15 is 0 Å². The molecule has 7 rings (SSSR count). The summed E-state index contributed by atoms with van der Waals surface area (Å²) < 4.78 is 28.2. The van der Waals surface area contributed by atoms with E-state index in [1.807, 2.05) is 0 Å². The van der Waals surface area contributed by atoms with Crippen LogP contribution in [-0.4, -0.2) is 11.4 Å². The van der Waals surface area contributed by atoms with Gasteiger partial charge in [0, 0.05) is 22.4 Å². The molecule has 1 aliphatic rings. The Bertz CT molecular complexity index is 2090. The molecule has 6 aromatic rings. The molecule has 2 nitrogen and oxygen atoms in total. The number of benzene rings is 6. The number of aryl methyl sites for hydroxylation is 4. The Balaban J connectivity index is 1.52. The topological polar surface area (TPSA) is 24.7 Å². The van der Waals surface area contributed by atoms with E-state index in [4.69, 9.17) is 9.98 Å². The largest absolute Gasteiger partial charge is 0.246 e. The van der Waals surface area contributed by atoms with Gasteiger partial charge in [-0.25, -0.2) is 18.8 Å². The van der Waals surface area contributed by atoms with Crippen molar-refractivity contribution in [2.75, 3.05) is 0 Å². The normalized spacial score (nSPS) is 14.3. The number of hydrogen-bond acceptors (Lipinski definition) is 2. The Labute approximate surface area is 262 Å². The van der Waals surface area contributed by atoms with E-state index in [1.165, 1.54) is 24.3 Å². The maximum atomic E-state index is 14.1. The molecule has 220 valence electrons. The molecule has 1 aliphatic carbocycles. The zero-order valence-corrected chi connectivity index (χ0v) is 25.7. The van der Waals surface area contributed by atoms with Crippen LogP contribution in [0.1, 0.15) is 56.0 Å². The van der Waals surface area contributed by atoms with Gasteiger partial charge in [0.15, 0.2) is 0 Å². The fraction of sp³-hybridized carbons (Fsp3) is 0.122. The molecule has 0 amide bonds. The third-order valence-electron chi connectivity index (χ3n) is 8.72. The van der Waals surface area contributed by atoms with Crippen LogP contribution < -0.4 is 0 Å². The quantitative estimate of drug-likeness (QED) is 0.179. The molecule has 0 saturated carbocycles. The van der Waals surface area contributed by atoms with Crippen LogP contribution in [0.3, 0.4) is 0 Å². The Morgan fingerprint density at radius 3 is 1.53 bits per heavy atom. The molecule has 0 unspecified atom stereocenters. The van der Waals surface area contributed by atoms with E-state index in [0.29, 0.717) is 0 Å². The van der Waals surface area contributed by atoms with Crippen LogP contribution in [-0.2, 0) is 0 Å². The van der Waals surface area contributed by atoms with Crippen molar-refractivity contribution in [2.24, 2.45) is 9.98 Å². The Hall–Kier alpha value is -5.22. The van der Waals surface area contributed by atoms with Gasteiger partial charge in [0.25, 0.3) is 0 Å². The van der Waals surface area contributed by atoms with Gasteiger partial charge in [0.1, 0.15) is 11.6 Å². The molecule has 0 radical (unpaired) electrons. The third-order valence-corrected chi connectivity index (χ3v) is 8.72. The van der Waals surface area contributed by atoms with Crippen molar-refractivity contribution >= 4 is 33.6 Å². The van der Waals surface area contributed by atoms with Crippen molar-refractivity contribution in [3.8, 4) is 0 Å². The first-order valence-electron chi connectivity index (χ1n) is 15.2. The highest BCUT2D eigenvalue weighted by molar-refractivity contribution is 6.61. The standard InChI is InChI=1S/C41H32F2N2/c1-24-22-27(4)39(35(23-24)36(29-14-18-31(42)19-15-29)30-16-20-32(43)21-17-30)45-41-34-13-7-11-28-10-6-12-33(37(28)34)40(41)44-38-25(2)8-5-9-26(38)3/h5-23,36H,1-4H3. The lowest BCUT2D eigenvalue weighted by atomic mass is 9.82. The van der Waals surface area contributed by atoms with Gasteiger partial charge in [0.2, 0.25) is 0 Å². The zero-order valence-electron chi connectivity index (χ0n) is 25.7. The monoisotopic (exact) mass is 590 g/mol. The molecule has 4 heteroatoms. The van der Waals surface area contributed by atoms with Crippen LogP contribution >= 0.6 is 0 Å². The van der Waals surface area contributed by atoms with Crippen LogP contribution in [0.15, 0.2) is 125 Å². The minimum Gasteiger partial charge on any atom is -0.246 e. The molecule has 45 heavy (non-hydrogen) atoms. The minimum atomic E-state index is -0.304. The van der Waals surface area contributed by atoms with Gasteiger partial charge in [-0.3, -0.25) is 0 Å². The predicted octanol–water partition coefficient (Wildman–Crippen LogP) is 10.8. The van der Waals surface area contributed by atoms with Gasteiger partial charge >= 0.3 is 0 Å². The minimum absolute atomic E-state index is 0.303. The van der Waals surface area contributed by atoms with Crippen molar-refractivity contribution in [2.45, 2.75) is 33.6 Å². The van der Waals surface area contributed by atoms with E-state index in [2.05, 4.69) is 94.4 Å². The molecule has 0 aliphatic heterocycles. The van der Waals surface area contributed by atoms with E-state index in [1.54, 1.807) is 24.3 Å². The first kappa shape index (κ1) is 28.5. The molecule has 0 fully saturated rings. The molecule has 0 spiro atoms. The molecule has 0 atom stereocenters. The lowest BCUT2D eigenvalue weighted by Crippen LogP contribution is -2.12. The summed E-state index contributed by atoms with van der Waals surface area (Å²) in [6.07, 6.45) is 0. The predicted molar refractivity (Wildman–Crippen MR) is 182 cm³/mol. The molecule has 0 heterocycles. The van der Waals surface area contributed by atoms with Crippen molar-refractivity contribution in [3.63, 3.8) is 0 Å². The molecule has 0 saturated heterocycles. The first-order valence-corrected chi connectivity index (χ1v) is 15.2. The highest BCUT2D eigenvalue weighted by Gasteiger charge is 2.29. The van der Waals surface area contributed by atoms with Crippen LogP contribution in [0.25, 0.3) is 10.8 Å².